The van der Waals surface area contributed by atoms with Crippen LogP contribution in [-0.4, -0.2) is 67.1 Å². The van der Waals surface area contributed by atoms with E-state index in [9.17, 15) is 9.13 Å². The maximum absolute atomic E-state index is 13.2. The molecule has 31 heavy (non-hydrogen) atoms. The van der Waals surface area contributed by atoms with Crippen LogP contribution < -0.4 is 0 Å². The van der Waals surface area contributed by atoms with Crippen LogP contribution in [0.3, 0.4) is 0 Å². The van der Waals surface area contributed by atoms with Crippen LogP contribution in [0, 0.1) is 0 Å². The summed E-state index contributed by atoms with van der Waals surface area (Å²) in [7, 11) is -8.56. The minimum atomic E-state index is -4.28. The highest BCUT2D eigenvalue weighted by molar-refractivity contribution is 9.13. The number of hydrogen-bond acceptors (Lipinski definition) is 7. The molecule has 17 heteroatoms. The van der Waals surface area contributed by atoms with Gasteiger partial charge in [-0.3, -0.25) is 18.1 Å². The molecule has 0 rings (SSSR count). The monoisotopic (exact) mass is 997 g/mol. The van der Waals surface area contributed by atoms with Gasteiger partial charge < -0.3 is 0 Å². The van der Waals surface area contributed by atoms with E-state index in [4.69, 9.17) is 22.4 Å². The Labute approximate surface area is 251 Å². The van der Waals surface area contributed by atoms with Crippen LogP contribution >= 0.6 is 143 Å². The topological polar surface area (TPSA) is 80.3 Å². The highest BCUT2D eigenvalue weighted by Crippen LogP contribution is 2.66. The Morgan fingerprint density at radius 2 is 0.742 bits per heavy atom. The highest BCUT2D eigenvalue weighted by atomic mass is 79.9. The van der Waals surface area contributed by atoms with Crippen molar-refractivity contribution < 1.29 is 31.5 Å². The first-order chi connectivity index (χ1) is 14.5. The van der Waals surface area contributed by atoms with Crippen LogP contribution in [0.1, 0.15) is 0 Å². The molecule has 0 bridgehead atoms. The first kappa shape index (κ1) is 37.0. The molecular weight excluding hydrogens is 981 g/mol. The summed E-state index contributed by atoms with van der Waals surface area (Å²) in [4.78, 5) is -0.664. The van der Waals surface area contributed by atoms with E-state index >= 15 is 0 Å². The first-order valence-corrected chi connectivity index (χ1v) is 19.4. The van der Waals surface area contributed by atoms with Gasteiger partial charge in [-0.05, 0) is 0 Å². The average molecular weight is 1010 g/mol. The van der Waals surface area contributed by atoms with Gasteiger partial charge in [-0.15, -0.1) is 13.2 Å². The van der Waals surface area contributed by atoms with Crippen LogP contribution in [0.25, 0.3) is 0 Å². The Hall–Kier alpha value is 3.84. The molecule has 0 radical (unpaired) electrons. The van der Waals surface area contributed by atoms with E-state index < -0.39 is 15.6 Å². The van der Waals surface area contributed by atoms with E-state index in [0.29, 0.717) is 21.3 Å². The molecule has 0 aromatic carbocycles. The van der Waals surface area contributed by atoms with Crippen LogP contribution in [0.5, 0.6) is 0 Å². The Morgan fingerprint density at radius 1 is 0.548 bits per heavy atom. The van der Waals surface area contributed by atoms with Crippen molar-refractivity contribution >= 4 is 143 Å². The SMILES string of the molecule is C=C.O=P(OCC(Br)CBr)(OCC(Br)CBr)OP(=O)(OCC(Br)CBr)OCC(Br)CBr. The molecule has 0 spiro atoms. The molecule has 0 saturated carbocycles. The van der Waals surface area contributed by atoms with Crippen molar-refractivity contribution in [1.29, 1.82) is 0 Å². The van der Waals surface area contributed by atoms with Crippen LogP contribution in [0.2, 0.25) is 0 Å². The zero-order chi connectivity index (χ0) is 24.5. The third-order valence-electron chi connectivity index (χ3n) is 2.52. The third-order valence-corrected chi connectivity index (χ3v) is 14.9. The molecule has 7 nitrogen and oxygen atoms in total. The quantitative estimate of drug-likeness (QED) is 0.0773. The lowest BCUT2D eigenvalue weighted by atomic mass is 10.5. The predicted molar refractivity (Wildman–Crippen MR) is 157 cm³/mol. The van der Waals surface area contributed by atoms with Gasteiger partial charge in [-0.25, -0.2) is 9.13 Å². The first-order valence-electron chi connectivity index (χ1n) is 8.32. The van der Waals surface area contributed by atoms with Crippen molar-refractivity contribution in [2.24, 2.45) is 0 Å². The van der Waals surface area contributed by atoms with Gasteiger partial charge in [0.05, 0.1) is 26.4 Å². The zero-order valence-electron chi connectivity index (χ0n) is 16.2. The summed E-state index contributed by atoms with van der Waals surface area (Å²) >= 11 is 26.5. The summed E-state index contributed by atoms with van der Waals surface area (Å²) in [5, 5.41) is 2.14. The number of hydrogen-bond donors (Lipinski definition) is 0. The molecule has 0 aliphatic carbocycles. The molecule has 188 valence electrons. The second-order valence-corrected chi connectivity index (χ2v) is 16.4. The minimum absolute atomic E-state index is 0.0191. The second kappa shape index (κ2) is 21.9. The fourth-order valence-corrected chi connectivity index (χ4v) is 6.58. The summed E-state index contributed by atoms with van der Waals surface area (Å²) in [5.41, 5.74) is 0. The smallest absolute Gasteiger partial charge is 0.285 e. The molecule has 0 aromatic heterocycles. The van der Waals surface area contributed by atoms with Gasteiger partial charge >= 0.3 is 15.6 Å². The highest BCUT2D eigenvalue weighted by Gasteiger charge is 2.42. The van der Waals surface area contributed by atoms with Crippen molar-refractivity contribution in [3.05, 3.63) is 13.2 Å². The third kappa shape index (κ3) is 19.6. The Morgan fingerprint density at radius 3 is 0.903 bits per heavy atom. The molecule has 0 aromatic rings. The van der Waals surface area contributed by atoms with Gasteiger partial charge in [0.1, 0.15) is 0 Å². The van der Waals surface area contributed by atoms with Crippen LogP contribution in [0.15, 0.2) is 13.2 Å². The van der Waals surface area contributed by atoms with Crippen molar-refractivity contribution in [2.45, 2.75) is 19.3 Å². The Kier molecular flexibility index (Phi) is 26.1. The predicted octanol–water partition coefficient (Wildman–Crippen LogP) is 8.72. The fraction of sp³-hybridized carbons (Fsp3) is 0.857. The zero-order valence-corrected chi connectivity index (χ0v) is 30.6. The van der Waals surface area contributed by atoms with Gasteiger partial charge in [0.2, 0.25) is 0 Å². The lowest BCUT2D eigenvalue weighted by Gasteiger charge is -2.25. The summed E-state index contributed by atoms with van der Waals surface area (Å²) < 4.78 is 53.1. The summed E-state index contributed by atoms with van der Waals surface area (Å²) in [6.07, 6.45) is 0. The minimum Gasteiger partial charge on any atom is -0.285 e. The van der Waals surface area contributed by atoms with Gasteiger partial charge in [0.15, 0.2) is 0 Å². The maximum Gasteiger partial charge on any atom is 0.483 e. The number of rotatable bonds is 18. The van der Waals surface area contributed by atoms with Crippen LogP contribution in [-0.2, 0) is 31.5 Å². The van der Waals surface area contributed by atoms with E-state index in [1.54, 1.807) is 0 Å². The number of phosphoric acid groups is 2. The molecule has 4 unspecified atom stereocenters. The summed E-state index contributed by atoms with van der Waals surface area (Å²) in [5.74, 6) is 0. The molecule has 0 amide bonds. The van der Waals surface area contributed by atoms with Gasteiger partial charge in [-0.1, -0.05) is 127 Å². The van der Waals surface area contributed by atoms with Crippen LogP contribution in [0.4, 0.5) is 0 Å². The van der Waals surface area contributed by atoms with Gasteiger partial charge in [-0.2, -0.15) is 4.31 Å². The number of phosphoric ester groups is 2. The lowest BCUT2D eigenvalue weighted by Crippen LogP contribution is -2.17. The number of halogens is 8. The van der Waals surface area contributed by atoms with E-state index in [2.05, 4.69) is 141 Å². The van der Waals surface area contributed by atoms with E-state index in [1.165, 1.54) is 0 Å². The fourth-order valence-electron chi connectivity index (χ4n) is 1.16. The number of alkyl halides is 8. The molecule has 0 heterocycles. The largest absolute Gasteiger partial charge is 0.483 e. The average Bonchev–Trinajstić information content (AvgIpc) is 2.79. The molecule has 0 aliphatic heterocycles. The van der Waals surface area contributed by atoms with Gasteiger partial charge in [0.25, 0.3) is 0 Å². The standard InChI is InChI=1S/C12H20Br8O7P2.C2H4/c13-1-9(17)5-23-28(21,24-6-10(18)2-14)27-29(22,25-7-11(19)3-15)26-8-12(20)4-16;1-2/h9-12H,1-8H2;1-2H2. The molecule has 0 N–H and O–H groups in total. The molecule has 0 fully saturated rings. The normalized spacial score (nSPS) is 19.2. The van der Waals surface area contributed by atoms with Gasteiger partial charge in [0, 0.05) is 40.6 Å². The lowest BCUT2D eigenvalue weighted by molar-refractivity contribution is 0.113. The van der Waals surface area contributed by atoms with Crippen molar-refractivity contribution in [2.75, 3.05) is 47.7 Å². The van der Waals surface area contributed by atoms with E-state index in [1.807, 2.05) is 0 Å². The molecule has 4 atom stereocenters. The molecular formula is C14H24Br8O7P2. The summed E-state index contributed by atoms with van der Waals surface area (Å²) in [6, 6.07) is 0. The van der Waals surface area contributed by atoms with E-state index in [-0.39, 0.29) is 45.7 Å². The van der Waals surface area contributed by atoms with Crippen molar-refractivity contribution in [3.8, 4) is 0 Å². The molecule has 0 saturated heterocycles. The van der Waals surface area contributed by atoms with E-state index in [0.717, 1.165) is 0 Å². The Balaban J connectivity index is 0. The second-order valence-electron chi connectivity index (χ2n) is 5.17. The Bertz CT molecular complexity index is 471. The maximum atomic E-state index is 13.2. The summed E-state index contributed by atoms with van der Waals surface area (Å²) in [6.45, 7) is 5.92. The molecule has 0 aliphatic rings. The van der Waals surface area contributed by atoms with Crippen molar-refractivity contribution in [1.82, 2.24) is 0 Å². The van der Waals surface area contributed by atoms with Crippen molar-refractivity contribution in [3.63, 3.8) is 0 Å².